The summed E-state index contributed by atoms with van der Waals surface area (Å²) in [4.78, 5) is 35.2. The third kappa shape index (κ3) is 8.01. The number of hydrogen-bond donors (Lipinski definition) is 2. The number of alkyl carbamates (subject to hydrolysis) is 1. The Balaban J connectivity index is 4.39. The minimum absolute atomic E-state index is 0.0194. The van der Waals surface area contributed by atoms with Gasteiger partial charge in [-0.1, -0.05) is 0 Å². The van der Waals surface area contributed by atoms with Gasteiger partial charge in [0.15, 0.2) is 0 Å². The van der Waals surface area contributed by atoms with E-state index in [1.54, 1.807) is 34.9 Å². The summed E-state index contributed by atoms with van der Waals surface area (Å²) in [5.74, 6) is -1.39. The molecule has 0 aliphatic heterocycles. The fraction of sp³-hybridized carbons (Fsp3) is 0.750. The van der Waals surface area contributed by atoms with Crippen molar-refractivity contribution in [1.29, 1.82) is 0 Å². The van der Waals surface area contributed by atoms with Crippen molar-refractivity contribution in [3.05, 3.63) is 0 Å². The molecule has 0 radical (unpaired) electrons. The number of rotatable bonds is 5. The van der Waals surface area contributed by atoms with Gasteiger partial charge in [0, 0.05) is 20.5 Å². The van der Waals surface area contributed by atoms with Gasteiger partial charge in [-0.3, -0.25) is 4.79 Å². The predicted octanol–water partition coefficient (Wildman–Crippen LogP) is 0.833. The van der Waals surface area contributed by atoms with Crippen molar-refractivity contribution in [2.45, 2.75) is 45.3 Å². The molecule has 1 unspecified atom stereocenters. The molecule has 0 aromatic carbocycles. The Morgan fingerprint density at radius 3 is 2.16 bits per heavy atom. The van der Waals surface area contributed by atoms with Gasteiger partial charge in [-0.15, -0.1) is 0 Å². The highest BCUT2D eigenvalue weighted by Crippen LogP contribution is 2.08. The Kier molecular flexibility index (Phi) is 6.31. The lowest BCUT2D eigenvalue weighted by Gasteiger charge is -2.22. The van der Waals surface area contributed by atoms with Crippen molar-refractivity contribution in [2.75, 3.05) is 14.1 Å². The maximum atomic E-state index is 11.5. The number of ether oxygens (including phenoxy) is 1. The Bertz CT molecular complexity index is 347. The molecule has 0 saturated carbocycles. The summed E-state index contributed by atoms with van der Waals surface area (Å²) in [5, 5.41) is 11.2. The van der Waals surface area contributed by atoms with Gasteiger partial charge in [-0.2, -0.15) is 0 Å². The lowest BCUT2D eigenvalue weighted by molar-refractivity contribution is -0.140. The van der Waals surface area contributed by atoms with E-state index < -0.39 is 23.7 Å². The molecule has 1 atom stereocenters. The summed E-state index contributed by atoms with van der Waals surface area (Å²) < 4.78 is 4.96. The Morgan fingerprint density at radius 1 is 1.26 bits per heavy atom. The molecular formula is C12H22N2O5. The molecule has 0 bridgehead atoms. The molecule has 0 aromatic rings. The highest BCUT2D eigenvalue weighted by Gasteiger charge is 2.24. The summed E-state index contributed by atoms with van der Waals surface area (Å²) >= 11 is 0. The number of nitrogens with zero attached hydrogens (tertiary/aromatic N) is 1. The summed E-state index contributed by atoms with van der Waals surface area (Å²) in [6, 6.07) is -1.14. The zero-order chi connectivity index (χ0) is 15.2. The second kappa shape index (κ2) is 6.96. The SMILES string of the molecule is CN(C)C(=O)CCC(NC(=O)OC(C)(C)C)C(=O)O. The van der Waals surface area contributed by atoms with E-state index in [0.717, 1.165) is 0 Å². The summed E-state index contributed by atoms with van der Waals surface area (Å²) in [6.45, 7) is 5.04. The predicted molar refractivity (Wildman–Crippen MR) is 68.7 cm³/mol. The van der Waals surface area contributed by atoms with Crippen molar-refractivity contribution >= 4 is 18.0 Å². The number of carbonyl (C=O) groups is 3. The number of nitrogens with one attached hydrogen (secondary N) is 1. The van der Waals surface area contributed by atoms with Crippen LogP contribution in [0.25, 0.3) is 0 Å². The largest absolute Gasteiger partial charge is 0.480 e. The zero-order valence-electron chi connectivity index (χ0n) is 12.0. The van der Waals surface area contributed by atoms with Crippen molar-refractivity contribution in [1.82, 2.24) is 10.2 Å². The number of carboxylic acid groups (broad SMARTS) is 1. The van der Waals surface area contributed by atoms with Crippen LogP contribution in [-0.4, -0.2) is 53.7 Å². The van der Waals surface area contributed by atoms with Gasteiger partial charge >= 0.3 is 12.1 Å². The summed E-state index contributed by atoms with van der Waals surface area (Å²) in [7, 11) is 3.17. The zero-order valence-corrected chi connectivity index (χ0v) is 12.0. The van der Waals surface area contributed by atoms with E-state index in [9.17, 15) is 14.4 Å². The van der Waals surface area contributed by atoms with Crippen LogP contribution in [0, 0.1) is 0 Å². The quantitative estimate of drug-likeness (QED) is 0.774. The molecular weight excluding hydrogens is 252 g/mol. The minimum atomic E-state index is -1.20. The van der Waals surface area contributed by atoms with Crippen LogP contribution in [0.3, 0.4) is 0 Å². The summed E-state index contributed by atoms with van der Waals surface area (Å²) in [6.07, 6.45) is -0.747. The van der Waals surface area contributed by atoms with Crippen LogP contribution in [0.5, 0.6) is 0 Å². The van der Waals surface area contributed by atoms with E-state index in [4.69, 9.17) is 9.84 Å². The van der Waals surface area contributed by atoms with E-state index in [-0.39, 0.29) is 18.7 Å². The molecule has 110 valence electrons. The Morgan fingerprint density at radius 2 is 1.79 bits per heavy atom. The van der Waals surface area contributed by atoms with Crippen molar-refractivity contribution < 1.29 is 24.2 Å². The first-order chi connectivity index (χ1) is 8.53. The lowest BCUT2D eigenvalue weighted by atomic mass is 10.1. The molecule has 0 rings (SSSR count). The average molecular weight is 274 g/mol. The molecule has 7 nitrogen and oxygen atoms in total. The molecule has 0 saturated heterocycles. The minimum Gasteiger partial charge on any atom is -0.480 e. The molecule has 2 amide bonds. The second-order valence-electron chi connectivity index (χ2n) is 5.36. The van der Waals surface area contributed by atoms with Crippen LogP contribution in [0.1, 0.15) is 33.6 Å². The van der Waals surface area contributed by atoms with Gasteiger partial charge in [-0.25, -0.2) is 9.59 Å². The number of carbonyl (C=O) groups excluding carboxylic acids is 2. The highest BCUT2D eigenvalue weighted by molar-refractivity contribution is 5.81. The molecule has 0 fully saturated rings. The first kappa shape index (κ1) is 17.2. The second-order valence-corrected chi connectivity index (χ2v) is 5.36. The van der Waals surface area contributed by atoms with Gasteiger partial charge in [0.05, 0.1) is 0 Å². The van der Waals surface area contributed by atoms with Crippen LogP contribution >= 0.6 is 0 Å². The maximum Gasteiger partial charge on any atom is 0.408 e. The van der Waals surface area contributed by atoms with Gasteiger partial charge in [-0.05, 0) is 27.2 Å². The first-order valence-corrected chi connectivity index (χ1v) is 5.95. The van der Waals surface area contributed by atoms with Crippen LogP contribution in [0.15, 0.2) is 0 Å². The topological polar surface area (TPSA) is 95.9 Å². The Hall–Kier alpha value is -1.79. The van der Waals surface area contributed by atoms with Gasteiger partial charge in [0.1, 0.15) is 11.6 Å². The van der Waals surface area contributed by atoms with Crippen LogP contribution in [0.2, 0.25) is 0 Å². The summed E-state index contributed by atoms with van der Waals surface area (Å²) in [5.41, 5.74) is -0.702. The third-order valence-electron chi connectivity index (χ3n) is 2.13. The van der Waals surface area contributed by atoms with Gasteiger partial charge in [0.2, 0.25) is 5.91 Å². The monoisotopic (exact) mass is 274 g/mol. The number of carboxylic acids is 1. The normalized spacial score (nSPS) is 12.5. The number of aliphatic carboxylic acids is 1. The molecule has 0 aromatic heterocycles. The number of hydrogen-bond acceptors (Lipinski definition) is 4. The van der Waals surface area contributed by atoms with Crippen molar-refractivity contribution in [2.24, 2.45) is 0 Å². The van der Waals surface area contributed by atoms with Crippen LogP contribution < -0.4 is 5.32 Å². The smallest absolute Gasteiger partial charge is 0.408 e. The standard InChI is InChI=1S/C12H22N2O5/c1-12(2,3)19-11(18)13-8(10(16)17)6-7-9(15)14(4)5/h8H,6-7H2,1-5H3,(H,13,18)(H,16,17). The van der Waals surface area contributed by atoms with E-state index in [2.05, 4.69) is 5.32 Å². The molecule has 7 heteroatoms. The van der Waals surface area contributed by atoms with Crippen LogP contribution in [-0.2, 0) is 14.3 Å². The molecule has 0 aliphatic carbocycles. The first-order valence-electron chi connectivity index (χ1n) is 5.95. The fourth-order valence-electron chi connectivity index (χ4n) is 1.20. The molecule has 19 heavy (non-hydrogen) atoms. The van der Waals surface area contributed by atoms with Gasteiger partial charge in [0.25, 0.3) is 0 Å². The van der Waals surface area contributed by atoms with E-state index in [1.807, 2.05) is 0 Å². The van der Waals surface area contributed by atoms with Crippen molar-refractivity contribution in [3.8, 4) is 0 Å². The molecule has 2 N–H and O–H groups in total. The Labute approximate surface area is 112 Å². The fourth-order valence-corrected chi connectivity index (χ4v) is 1.20. The third-order valence-corrected chi connectivity index (χ3v) is 2.13. The van der Waals surface area contributed by atoms with E-state index >= 15 is 0 Å². The lowest BCUT2D eigenvalue weighted by Crippen LogP contribution is -2.44. The maximum absolute atomic E-state index is 11.5. The molecule has 0 heterocycles. The van der Waals surface area contributed by atoms with E-state index in [1.165, 1.54) is 4.90 Å². The number of amides is 2. The van der Waals surface area contributed by atoms with Gasteiger partial charge < -0.3 is 20.1 Å². The average Bonchev–Trinajstić information content (AvgIpc) is 2.20. The van der Waals surface area contributed by atoms with E-state index in [0.29, 0.717) is 0 Å². The van der Waals surface area contributed by atoms with Crippen LogP contribution in [0.4, 0.5) is 4.79 Å². The molecule has 0 spiro atoms. The van der Waals surface area contributed by atoms with Crippen molar-refractivity contribution in [3.63, 3.8) is 0 Å². The highest BCUT2D eigenvalue weighted by atomic mass is 16.6. The molecule has 0 aliphatic rings.